The van der Waals surface area contributed by atoms with Gasteiger partial charge in [-0.3, -0.25) is 4.79 Å². The zero-order valence-electron chi connectivity index (χ0n) is 9.07. The first-order chi connectivity index (χ1) is 7.11. The normalized spacial score (nSPS) is 10.6. The van der Waals surface area contributed by atoms with Crippen molar-refractivity contribution in [1.29, 1.82) is 0 Å². The monoisotopic (exact) mass is 203 g/mol. The fourth-order valence-corrected chi connectivity index (χ4v) is 1.73. The predicted molar refractivity (Wildman–Crippen MR) is 58.2 cm³/mol. The second-order valence-electron chi connectivity index (χ2n) is 3.59. The van der Waals surface area contributed by atoms with E-state index in [-0.39, 0.29) is 5.97 Å². The molecule has 2 aromatic rings. The molecule has 2 heterocycles. The third-order valence-electron chi connectivity index (χ3n) is 2.58. The number of pyridine rings is 1. The lowest BCUT2D eigenvalue weighted by Crippen LogP contribution is -2.01. The standard InChI is InChI=1S/C12H13NO2/c1-8-9(2)13-7-5-4-6-11(13)12(8)15-10(3)14/h4-7H,1-3H3. The summed E-state index contributed by atoms with van der Waals surface area (Å²) in [5.74, 6) is 0.384. The summed E-state index contributed by atoms with van der Waals surface area (Å²) >= 11 is 0. The minimum atomic E-state index is -0.283. The number of nitrogens with zero attached hydrogens (tertiary/aromatic N) is 1. The number of aromatic nitrogens is 1. The Morgan fingerprint density at radius 3 is 2.73 bits per heavy atom. The molecule has 0 N–H and O–H groups in total. The Balaban J connectivity index is 2.72. The van der Waals surface area contributed by atoms with Crippen molar-refractivity contribution in [3.63, 3.8) is 0 Å². The maximum Gasteiger partial charge on any atom is 0.308 e. The molecule has 3 heteroatoms. The van der Waals surface area contributed by atoms with Gasteiger partial charge < -0.3 is 9.14 Å². The highest BCUT2D eigenvalue weighted by molar-refractivity contribution is 5.76. The maximum atomic E-state index is 11.0. The number of carbonyl (C=O) groups is 1. The zero-order valence-corrected chi connectivity index (χ0v) is 9.07. The van der Waals surface area contributed by atoms with Gasteiger partial charge in [0.25, 0.3) is 0 Å². The van der Waals surface area contributed by atoms with Gasteiger partial charge in [-0.2, -0.15) is 0 Å². The van der Waals surface area contributed by atoms with Crippen LogP contribution in [0.25, 0.3) is 5.52 Å². The minimum Gasteiger partial charge on any atom is -0.424 e. The molecule has 0 aliphatic carbocycles. The molecule has 2 aromatic heterocycles. The quantitative estimate of drug-likeness (QED) is 0.666. The number of hydrogen-bond acceptors (Lipinski definition) is 2. The van der Waals surface area contributed by atoms with E-state index in [1.165, 1.54) is 6.92 Å². The van der Waals surface area contributed by atoms with E-state index in [0.717, 1.165) is 16.8 Å². The molecule has 0 spiro atoms. The highest BCUT2D eigenvalue weighted by Crippen LogP contribution is 2.29. The Bertz CT molecular complexity index is 526. The molecule has 0 radical (unpaired) electrons. The smallest absolute Gasteiger partial charge is 0.308 e. The Morgan fingerprint density at radius 2 is 2.07 bits per heavy atom. The van der Waals surface area contributed by atoms with Gasteiger partial charge in [0, 0.05) is 24.4 Å². The molecule has 0 saturated carbocycles. The summed E-state index contributed by atoms with van der Waals surface area (Å²) in [4.78, 5) is 11.0. The van der Waals surface area contributed by atoms with Crippen molar-refractivity contribution in [2.24, 2.45) is 0 Å². The van der Waals surface area contributed by atoms with Crippen LogP contribution in [0.1, 0.15) is 18.2 Å². The number of hydrogen-bond donors (Lipinski definition) is 0. The van der Waals surface area contributed by atoms with Gasteiger partial charge in [0.15, 0.2) is 5.75 Å². The van der Waals surface area contributed by atoms with Crippen LogP contribution in [0, 0.1) is 13.8 Å². The molecule has 0 bridgehead atoms. The van der Waals surface area contributed by atoms with Crippen molar-refractivity contribution < 1.29 is 9.53 Å². The van der Waals surface area contributed by atoms with Crippen LogP contribution in [0.5, 0.6) is 5.75 Å². The first kappa shape index (κ1) is 9.77. The summed E-state index contributed by atoms with van der Waals surface area (Å²) in [6.07, 6.45) is 1.96. The largest absolute Gasteiger partial charge is 0.424 e. The maximum absolute atomic E-state index is 11.0. The number of ether oxygens (including phenoxy) is 1. The third-order valence-corrected chi connectivity index (χ3v) is 2.58. The average Bonchev–Trinajstić information content (AvgIpc) is 2.44. The molecule has 3 nitrogen and oxygen atoms in total. The summed E-state index contributed by atoms with van der Waals surface area (Å²) in [5, 5.41) is 0. The lowest BCUT2D eigenvalue weighted by Gasteiger charge is -2.00. The van der Waals surface area contributed by atoms with Crippen LogP contribution in [-0.4, -0.2) is 10.4 Å². The van der Waals surface area contributed by atoms with E-state index in [9.17, 15) is 4.79 Å². The van der Waals surface area contributed by atoms with E-state index in [1.807, 2.05) is 42.6 Å². The van der Waals surface area contributed by atoms with E-state index < -0.39 is 0 Å². The first-order valence-corrected chi connectivity index (χ1v) is 4.86. The molecule has 15 heavy (non-hydrogen) atoms. The van der Waals surface area contributed by atoms with Crippen LogP contribution in [0.2, 0.25) is 0 Å². The van der Waals surface area contributed by atoms with Gasteiger partial charge in [-0.15, -0.1) is 0 Å². The topological polar surface area (TPSA) is 30.7 Å². The number of rotatable bonds is 1. The van der Waals surface area contributed by atoms with E-state index in [4.69, 9.17) is 4.74 Å². The first-order valence-electron chi connectivity index (χ1n) is 4.86. The second kappa shape index (κ2) is 3.42. The van der Waals surface area contributed by atoms with Crippen molar-refractivity contribution in [1.82, 2.24) is 4.40 Å². The molecular weight excluding hydrogens is 190 g/mol. The van der Waals surface area contributed by atoms with E-state index >= 15 is 0 Å². The second-order valence-corrected chi connectivity index (χ2v) is 3.59. The van der Waals surface area contributed by atoms with Gasteiger partial charge in [0.05, 0.1) is 5.52 Å². The highest BCUT2D eigenvalue weighted by atomic mass is 16.5. The highest BCUT2D eigenvalue weighted by Gasteiger charge is 2.13. The summed E-state index contributed by atoms with van der Waals surface area (Å²) < 4.78 is 7.24. The number of aryl methyl sites for hydroxylation is 1. The van der Waals surface area contributed by atoms with Crippen LogP contribution in [0.15, 0.2) is 24.4 Å². The summed E-state index contributed by atoms with van der Waals surface area (Å²) in [7, 11) is 0. The van der Waals surface area contributed by atoms with Gasteiger partial charge in [-0.25, -0.2) is 0 Å². The molecule has 78 valence electrons. The lowest BCUT2D eigenvalue weighted by atomic mass is 10.2. The Hall–Kier alpha value is -1.77. The molecule has 0 aliphatic rings. The number of esters is 1. The summed E-state index contributed by atoms with van der Waals surface area (Å²) in [5.41, 5.74) is 3.04. The molecule has 0 aromatic carbocycles. The third kappa shape index (κ3) is 1.50. The molecule has 0 atom stereocenters. The lowest BCUT2D eigenvalue weighted by molar-refractivity contribution is -0.131. The Labute approximate surface area is 88.3 Å². The van der Waals surface area contributed by atoms with Crippen LogP contribution in [0.4, 0.5) is 0 Å². The minimum absolute atomic E-state index is 0.283. The number of fused-ring (bicyclic) bond motifs is 1. The van der Waals surface area contributed by atoms with Crippen molar-refractivity contribution in [3.8, 4) is 5.75 Å². The van der Waals surface area contributed by atoms with Crippen LogP contribution in [0.3, 0.4) is 0 Å². The molecule has 0 amide bonds. The average molecular weight is 203 g/mol. The van der Waals surface area contributed by atoms with Crippen LogP contribution >= 0.6 is 0 Å². The van der Waals surface area contributed by atoms with Gasteiger partial charge in [0.1, 0.15) is 0 Å². The SMILES string of the molecule is CC(=O)Oc1c(C)c(C)n2ccccc12. The summed E-state index contributed by atoms with van der Waals surface area (Å²) in [6, 6.07) is 5.83. The Morgan fingerprint density at radius 1 is 1.33 bits per heavy atom. The number of carbonyl (C=O) groups excluding carboxylic acids is 1. The van der Waals surface area contributed by atoms with E-state index in [2.05, 4.69) is 0 Å². The van der Waals surface area contributed by atoms with Gasteiger partial charge in [-0.05, 0) is 26.0 Å². The predicted octanol–water partition coefficient (Wildman–Crippen LogP) is 2.48. The van der Waals surface area contributed by atoms with Gasteiger partial charge in [-0.1, -0.05) is 6.07 Å². The summed E-state index contributed by atoms with van der Waals surface area (Å²) in [6.45, 7) is 5.39. The van der Waals surface area contributed by atoms with Gasteiger partial charge in [0.2, 0.25) is 0 Å². The fraction of sp³-hybridized carbons (Fsp3) is 0.250. The molecule has 0 aliphatic heterocycles. The molecular formula is C12H13NO2. The van der Waals surface area contributed by atoms with Crippen molar-refractivity contribution in [3.05, 3.63) is 35.7 Å². The van der Waals surface area contributed by atoms with Crippen LogP contribution in [-0.2, 0) is 4.79 Å². The van der Waals surface area contributed by atoms with Crippen molar-refractivity contribution >= 4 is 11.5 Å². The molecule has 2 rings (SSSR count). The Kier molecular flexibility index (Phi) is 2.23. The zero-order chi connectivity index (χ0) is 11.0. The van der Waals surface area contributed by atoms with Crippen LogP contribution < -0.4 is 4.74 Å². The van der Waals surface area contributed by atoms with Crippen molar-refractivity contribution in [2.75, 3.05) is 0 Å². The van der Waals surface area contributed by atoms with Gasteiger partial charge >= 0.3 is 5.97 Å². The van der Waals surface area contributed by atoms with E-state index in [0.29, 0.717) is 5.75 Å². The molecule has 0 fully saturated rings. The fourth-order valence-electron chi connectivity index (χ4n) is 1.73. The molecule has 0 unspecified atom stereocenters. The molecule has 0 saturated heterocycles. The van der Waals surface area contributed by atoms with E-state index in [1.54, 1.807) is 0 Å². The van der Waals surface area contributed by atoms with Crippen molar-refractivity contribution in [2.45, 2.75) is 20.8 Å².